The van der Waals surface area contributed by atoms with Crippen LogP contribution in [0.5, 0.6) is 0 Å². The first-order chi connectivity index (χ1) is 27.0. The molecule has 55 heavy (non-hydrogen) atoms. The molecule has 0 heterocycles. The minimum Gasteiger partial charge on any atom is -0.462 e. The first-order valence-corrected chi connectivity index (χ1v) is 24.2. The van der Waals surface area contributed by atoms with Crippen molar-refractivity contribution < 1.29 is 28.6 Å². The summed E-state index contributed by atoms with van der Waals surface area (Å²) in [4.78, 5) is 37.8. The van der Waals surface area contributed by atoms with E-state index in [1.807, 2.05) is 0 Å². The number of carbonyl (C=O) groups is 3. The van der Waals surface area contributed by atoms with Crippen LogP contribution in [0.4, 0.5) is 0 Å². The number of unbranched alkanes of at least 4 members (excludes halogenated alkanes) is 31. The number of rotatable bonds is 44. The lowest BCUT2D eigenvalue weighted by molar-refractivity contribution is -0.167. The SMILES string of the molecule is CCC/C=C\CCCCCCCC(=O)OCC(COC(=O)CCCCCCCCCCCCCCCC)OC(=O)CCCCCCCCCCCCCCC. The fourth-order valence-corrected chi connectivity index (χ4v) is 7.09. The minimum atomic E-state index is -0.764. The van der Waals surface area contributed by atoms with Crippen molar-refractivity contribution in [3.63, 3.8) is 0 Å². The Morgan fingerprint density at radius 1 is 0.345 bits per heavy atom. The number of carbonyl (C=O) groups excluding carboxylic acids is 3. The predicted molar refractivity (Wildman–Crippen MR) is 233 cm³/mol. The Bertz CT molecular complexity index is 854. The summed E-state index contributed by atoms with van der Waals surface area (Å²) in [6.45, 7) is 6.59. The van der Waals surface area contributed by atoms with Crippen LogP contribution in [0.3, 0.4) is 0 Å². The highest BCUT2D eigenvalue weighted by Crippen LogP contribution is 2.16. The van der Waals surface area contributed by atoms with Crippen molar-refractivity contribution in [2.24, 2.45) is 0 Å². The zero-order chi connectivity index (χ0) is 40.1. The van der Waals surface area contributed by atoms with Crippen molar-refractivity contribution in [3.05, 3.63) is 12.2 Å². The van der Waals surface area contributed by atoms with Crippen LogP contribution in [-0.2, 0) is 28.6 Å². The molecule has 6 nitrogen and oxygen atoms in total. The Morgan fingerprint density at radius 3 is 0.982 bits per heavy atom. The Balaban J connectivity index is 4.32. The van der Waals surface area contributed by atoms with E-state index in [1.165, 1.54) is 154 Å². The second-order valence-corrected chi connectivity index (χ2v) is 16.4. The lowest BCUT2D eigenvalue weighted by atomic mass is 10.0. The van der Waals surface area contributed by atoms with Gasteiger partial charge in [0.2, 0.25) is 0 Å². The summed E-state index contributed by atoms with van der Waals surface area (Å²) in [5, 5.41) is 0. The standard InChI is InChI=1S/C49H92O6/c1-4-7-10-13-16-19-22-24-26-27-30-33-36-39-42-48(51)54-45-46(44-53-47(50)41-38-35-32-29-21-18-15-12-9-6-3)55-49(52)43-40-37-34-31-28-25-23-20-17-14-11-8-5-2/h12,15,46H,4-11,13-14,16-45H2,1-3H3/b15-12-. The van der Waals surface area contributed by atoms with Crippen molar-refractivity contribution in [1.82, 2.24) is 0 Å². The number of ether oxygens (including phenoxy) is 3. The van der Waals surface area contributed by atoms with Crippen LogP contribution >= 0.6 is 0 Å². The van der Waals surface area contributed by atoms with Gasteiger partial charge in [-0.2, -0.15) is 0 Å². The van der Waals surface area contributed by atoms with Crippen LogP contribution in [0.25, 0.3) is 0 Å². The van der Waals surface area contributed by atoms with Gasteiger partial charge in [0.15, 0.2) is 6.10 Å². The van der Waals surface area contributed by atoms with Gasteiger partial charge < -0.3 is 14.2 Å². The summed E-state index contributed by atoms with van der Waals surface area (Å²) in [7, 11) is 0. The largest absolute Gasteiger partial charge is 0.462 e. The molecule has 1 atom stereocenters. The van der Waals surface area contributed by atoms with Gasteiger partial charge in [0.05, 0.1) is 0 Å². The van der Waals surface area contributed by atoms with Gasteiger partial charge in [-0.15, -0.1) is 0 Å². The molecule has 0 rings (SSSR count). The molecule has 324 valence electrons. The van der Waals surface area contributed by atoms with Gasteiger partial charge >= 0.3 is 17.9 Å². The van der Waals surface area contributed by atoms with Crippen LogP contribution in [-0.4, -0.2) is 37.2 Å². The topological polar surface area (TPSA) is 78.9 Å². The van der Waals surface area contributed by atoms with E-state index in [2.05, 4.69) is 32.9 Å². The molecule has 0 radical (unpaired) electrons. The average Bonchev–Trinajstić information content (AvgIpc) is 3.18. The Hall–Kier alpha value is -1.85. The third kappa shape index (κ3) is 43.1. The van der Waals surface area contributed by atoms with Crippen LogP contribution < -0.4 is 0 Å². The van der Waals surface area contributed by atoms with Gasteiger partial charge in [0, 0.05) is 19.3 Å². The molecular weight excluding hydrogens is 685 g/mol. The molecule has 0 aliphatic heterocycles. The lowest BCUT2D eigenvalue weighted by Crippen LogP contribution is -2.30. The van der Waals surface area contributed by atoms with E-state index in [4.69, 9.17) is 14.2 Å². The third-order valence-corrected chi connectivity index (χ3v) is 10.8. The van der Waals surface area contributed by atoms with Gasteiger partial charge in [0.25, 0.3) is 0 Å². The molecule has 0 N–H and O–H groups in total. The number of esters is 3. The van der Waals surface area contributed by atoms with Crippen molar-refractivity contribution in [1.29, 1.82) is 0 Å². The molecule has 0 amide bonds. The van der Waals surface area contributed by atoms with Gasteiger partial charge in [-0.3, -0.25) is 14.4 Å². The van der Waals surface area contributed by atoms with E-state index in [0.717, 1.165) is 70.6 Å². The molecule has 0 fully saturated rings. The maximum absolute atomic E-state index is 12.7. The highest BCUT2D eigenvalue weighted by molar-refractivity contribution is 5.71. The molecule has 6 heteroatoms. The first kappa shape index (κ1) is 53.1. The molecule has 0 aromatic rings. The predicted octanol–water partition coefficient (Wildman–Crippen LogP) is 15.4. The molecule has 0 aromatic carbocycles. The summed E-state index contributed by atoms with van der Waals surface area (Å²) in [5.74, 6) is -0.867. The molecular formula is C49H92O6. The van der Waals surface area contributed by atoms with Crippen LogP contribution in [0.1, 0.15) is 265 Å². The lowest BCUT2D eigenvalue weighted by Gasteiger charge is -2.18. The van der Waals surface area contributed by atoms with Crippen molar-refractivity contribution in [3.8, 4) is 0 Å². The zero-order valence-electron chi connectivity index (χ0n) is 37.0. The summed E-state index contributed by atoms with van der Waals surface area (Å²) >= 11 is 0. The molecule has 0 bridgehead atoms. The molecule has 0 aliphatic carbocycles. The van der Waals surface area contributed by atoms with Crippen molar-refractivity contribution in [2.45, 2.75) is 271 Å². The Morgan fingerprint density at radius 2 is 0.636 bits per heavy atom. The zero-order valence-corrected chi connectivity index (χ0v) is 37.0. The minimum absolute atomic E-state index is 0.0677. The molecule has 1 unspecified atom stereocenters. The fraction of sp³-hybridized carbons (Fsp3) is 0.898. The van der Waals surface area contributed by atoms with Crippen LogP contribution in [0, 0.1) is 0 Å². The second kappa shape index (κ2) is 44.9. The second-order valence-electron chi connectivity index (χ2n) is 16.4. The first-order valence-electron chi connectivity index (χ1n) is 24.2. The van der Waals surface area contributed by atoms with E-state index in [9.17, 15) is 14.4 Å². The smallest absolute Gasteiger partial charge is 0.306 e. The Labute approximate surface area is 341 Å². The highest BCUT2D eigenvalue weighted by atomic mass is 16.6. The van der Waals surface area contributed by atoms with E-state index < -0.39 is 6.10 Å². The molecule has 0 saturated carbocycles. The maximum Gasteiger partial charge on any atom is 0.306 e. The van der Waals surface area contributed by atoms with E-state index >= 15 is 0 Å². The van der Waals surface area contributed by atoms with Crippen LogP contribution in [0.2, 0.25) is 0 Å². The van der Waals surface area contributed by atoms with E-state index in [-0.39, 0.29) is 31.1 Å². The number of allylic oxidation sites excluding steroid dienone is 2. The molecule has 0 spiro atoms. The van der Waals surface area contributed by atoms with Gasteiger partial charge in [-0.25, -0.2) is 0 Å². The maximum atomic E-state index is 12.7. The quantitative estimate of drug-likeness (QED) is 0.0265. The summed E-state index contributed by atoms with van der Waals surface area (Å²) < 4.78 is 16.7. The summed E-state index contributed by atoms with van der Waals surface area (Å²) in [5.41, 5.74) is 0. The van der Waals surface area contributed by atoms with E-state index in [1.54, 1.807) is 0 Å². The fourth-order valence-electron chi connectivity index (χ4n) is 7.09. The normalized spacial score (nSPS) is 12.0. The third-order valence-electron chi connectivity index (χ3n) is 10.8. The van der Waals surface area contributed by atoms with Gasteiger partial charge in [-0.1, -0.05) is 219 Å². The molecule has 0 aliphatic rings. The molecule has 0 saturated heterocycles. The summed E-state index contributed by atoms with van der Waals surface area (Å²) in [6.07, 6.45) is 47.6. The number of hydrogen-bond acceptors (Lipinski definition) is 6. The molecule has 0 aromatic heterocycles. The monoisotopic (exact) mass is 777 g/mol. The van der Waals surface area contributed by atoms with Crippen molar-refractivity contribution >= 4 is 17.9 Å². The van der Waals surface area contributed by atoms with Gasteiger partial charge in [-0.05, 0) is 38.5 Å². The van der Waals surface area contributed by atoms with E-state index in [0.29, 0.717) is 19.3 Å². The highest BCUT2D eigenvalue weighted by Gasteiger charge is 2.19. The summed E-state index contributed by atoms with van der Waals surface area (Å²) in [6, 6.07) is 0. The van der Waals surface area contributed by atoms with Crippen molar-refractivity contribution in [2.75, 3.05) is 13.2 Å². The number of hydrogen-bond donors (Lipinski definition) is 0. The Kier molecular flexibility index (Phi) is 43.4. The van der Waals surface area contributed by atoms with Crippen LogP contribution in [0.15, 0.2) is 12.2 Å². The average molecular weight is 777 g/mol. The van der Waals surface area contributed by atoms with Gasteiger partial charge in [0.1, 0.15) is 13.2 Å².